The van der Waals surface area contributed by atoms with Gasteiger partial charge in [0.25, 0.3) is 5.91 Å². The highest BCUT2D eigenvalue weighted by Crippen LogP contribution is 2.08. The van der Waals surface area contributed by atoms with Crippen LogP contribution in [0.3, 0.4) is 0 Å². The lowest BCUT2D eigenvalue weighted by Crippen LogP contribution is -2.30. The van der Waals surface area contributed by atoms with Gasteiger partial charge in [-0.3, -0.25) is 9.78 Å². The molecule has 0 spiro atoms. The molecule has 6 heteroatoms. The molecule has 5 nitrogen and oxygen atoms in total. The quantitative estimate of drug-likeness (QED) is 0.822. The van der Waals surface area contributed by atoms with E-state index in [0.29, 0.717) is 12.1 Å². The van der Waals surface area contributed by atoms with Crippen molar-refractivity contribution in [1.82, 2.24) is 10.3 Å². The summed E-state index contributed by atoms with van der Waals surface area (Å²) in [6.45, 7) is 0.252. The van der Waals surface area contributed by atoms with Crippen molar-refractivity contribution in [2.45, 2.75) is 6.42 Å². The molecule has 2 aromatic rings. The van der Waals surface area contributed by atoms with Crippen molar-refractivity contribution in [2.24, 2.45) is 0 Å². The van der Waals surface area contributed by atoms with Crippen LogP contribution in [-0.4, -0.2) is 30.0 Å². The van der Waals surface area contributed by atoms with Crippen LogP contribution in [0.4, 0.5) is 0 Å². The molecular formula is C14H14N2O3S. The molecule has 0 unspecified atom stereocenters. The fourth-order valence-corrected chi connectivity index (χ4v) is 2.24. The summed E-state index contributed by atoms with van der Waals surface area (Å²) in [7, 11) is 0. The van der Waals surface area contributed by atoms with Gasteiger partial charge in [0.2, 0.25) is 0 Å². The highest BCUT2D eigenvalue weighted by Gasteiger charge is 2.09. The van der Waals surface area contributed by atoms with E-state index in [-0.39, 0.29) is 12.5 Å². The minimum absolute atomic E-state index is 0.280. The number of carbonyl (C=O) groups is 2. The molecule has 2 heterocycles. The Morgan fingerprint density at radius 3 is 2.90 bits per heavy atom. The van der Waals surface area contributed by atoms with E-state index in [1.807, 2.05) is 17.5 Å². The first-order valence-electron chi connectivity index (χ1n) is 6.12. The molecule has 0 saturated heterocycles. The maximum atomic E-state index is 11.6. The number of hydrogen-bond acceptors (Lipinski definition) is 5. The van der Waals surface area contributed by atoms with Crippen molar-refractivity contribution in [3.05, 3.63) is 52.5 Å². The average molecular weight is 290 g/mol. The van der Waals surface area contributed by atoms with Crippen molar-refractivity contribution < 1.29 is 14.3 Å². The molecule has 0 aromatic carbocycles. The van der Waals surface area contributed by atoms with Gasteiger partial charge >= 0.3 is 5.97 Å². The third-order valence-corrected chi connectivity index (χ3v) is 3.44. The zero-order chi connectivity index (χ0) is 14.2. The molecule has 1 amide bonds. The number of nitrogens with one attached hydrogen (secondary N) is 1. The first-order valence-corrected chi connectivity index (χ1v) is 7.00. The third kappa shape index (κ3) is 4.47. The number of thiophene rings is 1. The van der Waals surface area contributed by atoms with Crippen LogP contribution >= 0.6 is 11.3 Å². The van der Waals surface area contributed by atoms with Crippen LogP contribution in [0.5, 0.6) is 0 Å². The number of esters is 1. The smallest absolute Gasteiger partial charge is 0.340 e. The number of ether oxygens (including phenoxy) is 1. The molecular weight excluding hydrogens is 276 g/mol. The standard InChI is InChI=1S/C14H14N2O3S/c17-13(16-7-5-12-4-2-8-20-12)10-19-14(18)11-3-1-6-15-9-11/h1-4,6,8-9H,5,7,10H2,(H,16,17). The largest absolute Gasteiger partial charge is 0.452 e. The first-order chi connectivity index (χ1) is 9.75. The predicted molar refractivity (Wildman–Crippen MR) is 75.6 cm³/mol. The summed E-state index contributed by atoms with van der Waals surface area (Å²) >= 11 is 1.65. The summed E-state index contributed by atoms with van der Waals surface area (Å²) in [5.41, 5.74) is 0.332. The van der Waals surface area contributed by atoms with Crippen molar-refractivity contribution in [1.29, 1.82) is 0 Å². The minimum Gasteiger partial charge on any atom is -0.452 e. The molecule has 0 saturated carbocycles. The van der Waals surface area contributed by atoms with Gasteiger partial charge in [-0.15, -0.1) is 11.3 Å². The lowest BCUT2D eigenvalue weighted by atomic mass is 10.3. The monoisotopic (exact) mass is 290 g/mol. The Labute approximate surface area is 120 Å². The summed E-state index contributed by atoms with van der Waals surface area (Å²) in [5, 5.41) is 4.70. The van der Waals surface area contributed by atoms with Crippen LogP contribution in [0.2, 0.25) is 0 Å². The minimum atomic E-state index is -0.550. The molecule has 0 aliphatic carbocycles. The Bertz CT molecular complexity index is 555. The van der Waals surface area contributed by atoms with E-state index in [4.69, 9.17) is 4.74 Å². The number of pyridine rings is 1. The number of amides is 1. The lowest BCUT2D eigenvalue weighted by molar-refractivity contribution is -0.124. The normalized spacial score (nSPS) is 10.0. The van der Waals surface area contributed by atoms with Crippen LogP contribution in [0.25, 0.3) is 0 Å². The molecule has 0 radical (unpaired) electrons. The Hall–Kier alpha value is -2.21. The molecule has 20 heavy (non-hydrogen) atoms. The average Bonchev–Trinajstić information content (AvgIpc) is 2.99. The molecule has 0 atom stereocenters. The lowest BCUT2D eigenvalue weighted by Gasteiger charge is -2.05. The maximum absolute atomic E-state index is 11.6. The van der Waals surface area contributed by atoms with E-state index in [2.05, 4.69) is 10.3 Å². The third-order valence-electron chi connectivity index (χ3n) is 2.51. The van der Waals surface area contributed by atoms with Crippen LogP contribution in [0.1, 0.15) is 15.2 Å². The van der Waals surface area contributed by atoms with Gasteiger partial charge in [0.1, 0.15) is 0 Å². The molecule has 0 bridgehead atoms. The van der Waals surface area contributed by atoms with Gasteiger partial charge in [0.15, 0.2) is 6.61 Å². The summed E-state index contributed by atoms with van der Waals surface area (Å²) in [4.78, 5) is 28.1. The van der Waals surface area contributed by atoms with Crippen LogP contribution < -0.4 is 5.32 Å². The summed E-state index contributed by atoms with van der Waals surface area (Å²) in [6, 6.07) is 7.21. The number of aromatic nitrogens is 1. The molecule has 1 N–H and O–H groups in total. The van der Waals surface area contributed by atoms with Gasteiger partial charge in [0, 0.05) is 23.8 Å². The van der Waals surface area contributed by atoms with E-state index in [9.17, 15) is 9.59 Å². The molecule has 2 aromatic heterocycles. The van der Waals surface area contributed by atoms with Crippen LogP contribution in [-0.2, 0) is 16.0 Å². The van der Waals surface area contributed by atoms with E-state index < -0.39 is 5.97 Å². The summed E-state index contributed by atoms with van der Waals surface area (Å²) in [5.74, 6) is -0.856. The van der Waals surface area contributed by atoms with Crippen LogP contribution in [0, 0.1) is 0 Å². The van der Waals surface area contributed by atoms with Crippen molar-refractivity contribution in [2.75, 3.05) is 13.2 Å². The SMILES string of the molecule is O=C(COC(=O)c1cccnc1)NCCc1cccs1. The van der Waals surface area contributed by atoms with Gasteiger partial charge in [-0.2, -0.15) is 0 Å². The van der Waals surface area contributed by atoms with Gasteiger partial charge in [-0.1, -0.05) is 6.07 Å². The van der Waals surface area contributed by atoms with Crippen LogP contribution in [0.15, 0.2) is 42.0 Å². The van der Waals surface area contributed by atoms with Gasteiger partial charge in [-0.05, 0) is 30.0 Å². The van der Waals surface area contributed by atoms with Crippen molar-refractivity contribution >= 4 is 23.2 Å². The zero-order valence-corrected chi connectivity index (χ0v) is 11.6. The van der Waals surface area contributed by atoms with Gasteiger partial charge in [-0.25, -0.2) is 4.79 Å². The van der Waals surface area contributed by atoms with Crippen molar-refractivity contribution in [3.63, 3.8) is 0 Å². The number of rotatable bonds is 6. The molecule has 104 valence electrons. The van der Waals surface area contributed by atoms with Crippen molar-refractivity contribution in [3.8, 4) is 0 Å². The Kier molecular flexibility index (Phi) is 5.25. The molecule has 0 fully saturated rings. The van der Waals surface area contributed by atoms with E-state index in [1.165, 1.54) is 11.1 Å². The molecule has 2 rings (SSSR count). The second kappa shape index (κ2) is 7.40. The summed E-state index contributed by atoms with van der Waals surface area (Å²) in [6.07, 6.45) is 3.74. The number of carbonyl (C=O) groups excluding carboxylic acids is 2. The predicted octanol–water partition coefficient (Wildman–Crippen LogP) is 1.66. The highest BCUT2D eigenvalue weighted by atomic mass is 32.1. The summed E-state index contributed by atoms with van der Waals surface area (Å²) < 4.78 is 4.89. The number of nitrogens with zero attached hydrogens (tertiary/aromatic N) is 1. The zero-order valence-electron chi connectivity index (χ0n) is 10.7. The molecule has 0 aliphatic rings. The topological polar surface area (TPSA) is 68.3 Å². The first kappa shape index (κ1) is 14.2. The van der Waals surface area contributed by atoms with Gasteiger partial charge < -0.3 is 10.1 Å². The van der Waals surface area contributed by atoms with E-state index >= 15 is 0 Å². The number of hydrogen-bond donors (Lipinski definition) is 1. The maximum Gasteiger partial charge on any atom is 0.340 e. The van der Waals surface area contributed by atoms with E-state index in [1.54, 1.807) is 29.7 Å². The second-order valence-corrected chi connectivity index (χ2v) is 5.03. The van der Waals surface area contributed by atoms with Gasteiger partial charge in [0.05, 0.1) is 5.56 Å². The van der Waals surface area contributed by atoms with E-state index in [0.717, 1.165) is 6.42 Å². The fraction of sp³-hybridized carbons (Fsp3) is 0.214. The Morgan fingerprint density at radius 1 is 1.30 bits per heavy atom. The Balaban J connectivity index is 1.66. The Morgan fingerprint density at radius 2 is 2.20 bits per heavy atom. The second-order valence-electron chi connectivity index (χ2n) is 4.00. The molecule has 0 aliphatic heterocycles. The fourth-order valence-electron chi connectivity index (χ4n) is 1.53. The highest BCUT2D eigenvalue weighted by molar-refractivity contribution is 7.09.